The quantitative estimate of drug-likeness (QED) is 0.223. The van der Waals surface area contributed by atoms with Gasteiger partial charge in [0.1, 0.15) is 11.6 Å². The summed E-state index contributed by atoms with van der Waals surface area (Å²) in [4.78, 5) is 19.8. The summed E-state index contributed by atoms with van der Waals surface area (Å²) < 4.78 is 67.7. The number of hydrogen-bond donors (Lipinski definition) is 2. The van der Waals surface area contributed by atoms with Crippen LogP contribution in [0.4, 0.5) is 33.6 Å². The topological polar surface area (TPSA) is 92.9 Å². The van der Waals surface area contributed by atoms with E-state index in [1.54, 1.807) is 31.2 Å². The molecule has 0 aliphatic rings. The molecule has 0 amide bonds. The average molecular weight is 515 g/mol. The third kappa shape index (κ3) is 5.97. The average Bonchev–Trinajstić information content (AvgIpc) is 3.33. The predicted molar refractivity (Wildman–Crippen MR) is 125 cm³/mol. The number of aromatic nitrogens is 4. The Bertz CT molecular complexity index is 1480. The molecule has 2 N–H and O–H groups in total. The number of rotatable bonds is 7. The molecule has 0 radical (unpaired) electrons. The fourth-order valence-corrected chi connectivity index (χ4v) is 3.47. The Morgan fingerprint density at radius 2 is 1.84 bits per heavy atom. The van der Waals surface area contributed by atoms with Crippen molar-refractivity contribution in [2.45, 2.75) is 19.5 Å². The number of carboxylic acids is 1. The monoisotopic (exact) mass is 515 g/mol. The van der Waals surface area contributed by atoms with Crippen LogP contribution in [0.15, 0.2) is 66.5 Å². The summed E-state index contributed by atoms with van der Waals surface area (Å²) in [6.07, 6.45) is -0.546. The van der Waals surface area contributed by atoms with E-state index in [0.717, 1.165) is 29.1 Å². The smallest absolute Gasteiger partial charge is 0.435 e. The summed E-state index contributed by atoms with van der Waals surface area (Å²) in [6, 6.07) is 10.1. The zero-order valence-corrected chi connectivity index (χ0v) is 19.1. The van der Waals surface area contributed by atoms with Crippen LogP contribution in [0.3, 0.4) is 0 Å². The number of aliphatic carboxylic acids is 1. The van der Waals surface area contributed by atoms with Gasteiger partial charge in [0.25, 0.3) is 0 Å². The maximum Gasteiger partial charge on any atom is 0.435 e. The van der Waals surface area contributed by atoms with Crippen molar-refractivity contribution < 1.29 is 31.9 Å². The molecule has 0 bridgehead atoms. The second-order valence-electron chi connectivity index (χ2n) is 7.81. The van der Waals surface area contributed by atoms with Gasteiger partial charge in [0.15, 0.2) is 11.5 Å². The summed E-state index contributed by atoms with van der Waals surface area (Å²) in [7, 11) is 0. The van der Waals surface area contributed by atoms with Crippen molar-refractivity contribution in [1.29, 1.82) is 0 Å². The molecule has 2 aromatic heterocycles. The van der Waals surface area contributed by atoms with Crippen molar-refractivity contribution in [1.82, 2.24) is 19.7 Å². The zero-order chi connectivity index (χ0) is 26.7. The fraction of sp³-hybridized carbons (Fsp3) is 0.120. The van der Waals surface area contributed by atoms with Gasteiger partial charge < -0.3 is 10.4 Å². The Kier molecular flexibility index (Phi) is 7.00. The molecule has 0 saturated heterocycles. The van der Waals surface area contributed by atoms with Gasteiger partial charge in [0.2, 0.25) is 5.95 Å². The minimum Gasteiger partial charge on any atom is -0.478 e. The molecule has 12 heteroatoms. The molecule has 2 aromatic carbocycles. The van der Waals surface area contributed by atoms with Gasteiger partial charge in [-0.15, -0.1) is 0 Å². The minimum atomic E-state index is -4.70. The Balaban J connectivity index is 1.82. The SMILES string of the molecule is CCC(=Cc1cccc(-c2cnc(Nc3cc(F)cc(F)c3)nc2-n2ccc(C(F)(F)F)n2)c1)C(=O)O. The van der Waals surface area contributed by atoms with Crippen LogP contribution in [0.25, 0.3) is 23.0 Å². The molecule has 0 aliphatic heterocycles. The van der Waals surface area contributed by atoms with Crippen molar-refractivity contribution in [3.05, 3.63) is 89.4 Å². The first kappa shape index (κ1) is 25.5. The molecular weight excluding hydrogens is 497 g/mol. The highest BCUT2D eigenvalue weighted by molar-refractivity contribution is 5.92. The number of alkyl halides is 3. The van der Waals surface area contributed by atoms with Crippen LogP contribution < -0.4 is 5.32 Å². The highest BCUT2D eigenvalue weighted by Gasteiger charge is 2.34. The van der Waals surface area contributed by atoms with E-state index in [4.69, 9.17) is 0 Å². The molecule has 4 rings (SSSR count). The third-order valence-electron chi connectivity index (χ3n) is 5.18. The first-order valence-corrected chi connectivity index (χ1v) is 10.8. The molecule has 0 spiro atoms. The molecule has 0 fully saturated rings. The Morgan fingerprint density at radius 1 is 1.11 bits per heavy atom. The van der Waals surface area contributed by atoms with Gasteiger partial charge in [-0.05, 0) is 47.9 Å². The summed E-state index contributed by atoms with van der Waals surface area (Å²) in [5.41, 5.74) is 0.285. The number of halogens is 5. The molecular formula is C25H18F5N5O2. The summed E-state index contributed by atoms with van der Waals surface area (Å²) in [5, 5.41) is 15.5. The maximum absolute atomic E-state index is 13.6. The highest BCUT2D eigenvalue weighted by atomic mass is 19.4. The number of carbonyl (C=O) groups is 1. The summed E-state index contributed by atoms with van der Waals surface area (Å²) in [6.45, 7) is 1.70. The molecule has 0 saturated carbocycles. The van der Waals surface area contributed by atoms with Crippen LogP contribution in [0.1, 0.15) is 24.6 Å². The predicted octanol–water partition coefficient (Wildman–Crippen LogP) is 6.25. The number of anilines is 2. The number of nitrogens with one attached hydrogen (secondary N) is 1. The van der Waals surface area contributed by atoms with Crippen molar-refractivity contribution in [3.8, 4) is 16.9 Å². The van der Waals surface area contributed by atoms with E-state index in [2.05, 4.69) is 20.4 Å². The van der Waals surface area contributed by atoms with E-state index in [1.807, 2.05) is 0 Å². The molecule has 0 atom stereocenters. The standard InChI is InChI=1S/C25H18F5N5O2/c1-2-15(23(36)37)8-14-4-3-5-16(9-14)20-13-31-24(32-19-11-17(26)10-18(27)12-19)33-22(20)35-7-6-21(34-35)25(28,29)30/h3-13H,2H2,1H3,(H,36,37)(H,31,32,33). The molecule has 7 nitrogen and oxygen atoms in total. The second-order valence-corrected chi connectivity index (χ2v) is 7.81. The second kappa shape index (κ2) is 10.2. The lowest BCUT2D eigenvalue weighted by Gasteiger charge is -2.13. The van der Waals surface area contributed by atoms with Crippen LogP contribution >= 0.6 is 0 Å². The van der Waals surface area contributed by atoms with Gasteiger partial charge in [0, 0.05) is 35.3 Å². The molecule has 2 heterocycles. The minimum absolute atomic E-state index is 0.0134. The first-order valence-electron chi connectivity index (χ1n) is 10.8. The molecule has 190 valence electrons. The van der Waals surface area contributed by atoms with E-state index in [-0.39, 0.29) is 35.0 Å². The van der Waals surface area contributed by atoms with Gasteiger partial charge in [-0.3, -0.25) is 0 Å². The lowest BCUT2D eigenvalue weighted by molar-refractivity contribution is -0.141. The number of nitrogens with zero attached hydrogens (tertiary/aromatic N) is 4. The van der Waals surface area contributed by atoms with Crippen molar-refractivity contribution >= 4 is 23.7 Å². The Hall–Kier alpha value is -4.61. The van der Waals surface area contributed by atoms with Crippen molar-refractivity contribution in [3.63, 3.8) is 0 Å². The van der Waals surface area contributed by atoms with Gasteiger partial charge >= 0.3 is 12.1 Å². The molecule has 37 heavy (non-hydrogen) atoms. The Labute approximate surface area is 206 Å². The van der Waals surface area contributed by atoms with Gasteiger partial charge in [0.05, 0.1) is 0 Å². The summed E-state index contributed by atoms with van der Waals surface area (Å²) in [5.74, 6) is -2.97. The van der Waals surface area contributed by atoms with Gasteiger partial charge in [-0.1, -0.05) is 25.1 Å². The van der Waals surface area contributed by atoms with E-state index in [1.165, 1.54) is 12.3 Å². The molecule has 0 aliphatic carbocycles. The van der Waals surface area contributed by atoms with Gasteiger partial charge in [-0.25, -0.2) is 23.2 Å². The lowest BCUT2D eigenvalue weighted by Crippen LogP contribution is -2.10. The van der Waals surface area contributed by atoms with Crippen LogP contribution in [-0.4, -0.2) is 30.8 Å². The number of hydrogen-bond acceptors (Lipinski definition) is 5. The first-order chi connectivity index (χ1) is 17.5. The number of benzene rings is 2. The fourth-order valence-electron chi connectivity index (χ4n) is 3.47. The highest BCUT2D eigenvalue weighted by Crippen LogP contribution is 2.31. The Morgan fingerprint density at radius 3 is 2.46 bits per heavy atom. The van der Waals surface area contributed by atoms with Crippen molar-refractivity contribution in [2.75, 3.05) is 5.32 Å². The lowest BCUT2D eigenvalue weighted by atomic mass is 10.0. The molecule has 4 aromatic rings. The van der Waals surface area contributed by atoms with Crippen molar-refractivity contribution in [2.24, 2.45) is 0 Å². The van der Waals surface area contributed by atoms with E-state index < -0.39 is 29.5 Å². The normalized spacial score (nSPS) is 12.0. The molecule has 0 unspecified atom stereocenters. The largest absolute Gasteiger partial charge is 0.478 e. The van der Waals surface area contributed by atoms with E-state index in [0.29, 0.717) is 17.2 Å². The van der Waals surface area contributed by atoms with Crippen LogP contribution in [0.5, 0.6) is 0 Å². The zero-order valence-electron chi connectivity index (χ0n) is 19.1. The number of carboxylic acid groups (broad SMARTS) is 1. The maximum atomic E-state index is 13.6. The third-order valence-corrected chi connectivity index (χ3v) is 5.18. The van der Waals surface area contributed by atoms with Gasteiger partial charge in [-0.2, -0.15) is 23.3 Å². The van der Waals surface area contributed by atoms with E-state index >= 15 is 0 Å². The van der Waals surface area contributed by atoms with Crippen LogP contribution in [-0.2, 0) is 11.0 Å². The summed E-state index contributed by atoms with van der Waals surface area (Å²) >= 11 is 0. The van der Waals surface area contributed by atoms with E-state index in [9.17, 15) is 31.9 Å². The van der Waals surface area contributed by atoms with Crippen LogP contribution in [0.2, 0.25) is 0 Å². The van der Waals surface area contributed by atoms with Crippen LogP contribution in [0, 0.1) is 11.6 Å².